The first-order valence-corrected chi connectivity index (χ1v) is 50.6. The van der Waals surface area contributed by atoms with Gasteiger partial charge in [-0.1, -0.05) is 460 Å². The van der Waals surface area contributed by atoms with Crippen molar-refractivity contribution in [3.8, 4) is 202 Å². The molecule has 3 aromatic heterocycles. The van der Waals surface area contributed by atoms with E-state index in [1.807, 2.05) is 72.8 Å². The Balaban J connectivity index is 0.000000115. The Hall–Kier alpha value is -18.4. The van der Waals surface area contributed by atoms with E-state index in [-0.39, 0.29) is 16.2 Å². The molecule has 24 aromatic rings. The van der Waals surface area contributed by atoms with E-state index in [2.05, 4.69) is 472 Å². The SMILES string of the molecule is CC1(C)c2ccccc2-c2c(-c3cc(-c4ccccc4)cc(-c4cc(-c5ccccc5)nc(-c5ccccc5)n4)c3)cc3ccccc3c21.CC1(C)c2ccccc2-c2c(-c3cc(-c4ccccc4)cc(-c4nc(-c5ccccc5)cc(-c5ccccc5)n4)c3)cc3ccccc3c21.CC1(C)c2ccccc2-c2c(-c3cc(-c4ccccc4)cc(-c4nc(-c5ccccc5)nc(-c5ccccc5)n4)c3)cc3ccccc3c21. The molecule has 0 radical (unpaired) electrons. The van der Waals surface area contributed by atoms with Crippen LogP contribution in [0.4, 0.5) is 0 Å². The monoisotopic (exact) mass is 1880 g/mol. The molecular weight excluding hydrogens is 1780 g/mol. The molecule has 0 bridgehead atoms. The van der Waals surface area contributed by atoms with Gasteiger partial charge in [-0.25, -0.2) is 34.9 Å². The molecule has 696 valence electrons. The lowest BCUT2D eigenvalue weighted by Crippen LogP contribution is -2.15. The molecule has 3 heterocycles. The Morgan fingerprint density at radius 3 is 0.626 bits per heavy atom. The summed E-state index contributed by atoms with van der Waals surface area (Å²) in [6, 6.07) is 179. The lowest BCUT2D eigenvalue weighted by atomic mass is 9.79. The highest BCUT2D eigenvalue weighted by Gasteiger charge is 2.42. The molecule has 0 unspecified atom stereocenters. The summed E-state index contributed by atoms with van der Waals surface area (Å²) in [7, 11) is 0. The minimum absolute atomic E-state index is 0.136. The zero-order chi connectivity index (χ0) is 98.9. The molecule has 7 heteroatoms. The van der Waals surface area contributed by atoms with Crippen molar-refractivity contribution in [2.24, 2.45) is 0 Å². The van der Waals surface area contributed by atoms with E-state index in [1.165, 1.54) is 127 Å². The maximum atomic E-state index is 5.24. The van der Waals surface area contributed by atoms with Gasteiger partial charge in [0.1, 0.15) is 0 Å². The van der Waals surface area contributed by atoms with Crippen LogP contribution in [-0.2, 0) is 16.2 Å². The van der Waals surface area contributed by atoms with Gasteiger partial charge in [-0.2, -0.15) is 0 Å². The van der Waals surface area contributed by atoms with Crippen molar-refractivity contribution in [2.75, 3.05) is 0 Å². The van der Waals surface area contributed by atoms with E-state index in [0.29, 0.717) is 29.1 Å². The zero-order valence-corrected chi connectivity index (χ0v) is 82.6. The molecule has 0 aliphatic heterocycles. The lowest BCUT2D eigenvalue weighted by Gasteiger charge is -2.24. The van der Waals surface area contributed by atoms with Crippen LogP contribution in [0.25, 0.3) is 234 Å². The van der Waals surface area contributed by atoms with Gasteiger partial charge in [-0.15, -0.1) is 0 Å². The fourth-order valence-corrected chi connectivity index (χ4v) is 22.9. The van der Waals surface area contributed by atoms with E-state index in [1.54, 1.807) is 0 Å². The Bertz CT molecular complexity index is 8170. The second kappa shape index (κ2) is 37.5. The van der Waals surface area contributed by atoms with Gasteiger partial charge < -0.3 is 0 Å². The highest BCUT2D eigenvalue weighted by Crippen LogP contribution is 2.60. The first-order valence-electron chi connectivity index (χ1n) is 50.6. The summed E-state index contributed by atoms with van der Waals surface area (Å²) in [5.74, 6) is 3.37. The number of hydrogen-bond acceptors (Lipinski definition) is 7. The van der Waals surface area contributed by atoms with Gasteiger partial charge in [-0.3, -0.25) is 0 Å². The quantitative estimate of drug-likeness (QED) is 0.101. The maximum absolute atomic E-state index is 5.24. The third-order valence-corrected chi connectivity index (χ3v) is 29.9. The number of fused-ring (bicyclic) bond motifs is 15. The molecule has 0 saturated carbocycles. The number of aromatic nitrogens is 7. The van der Waals surface area contributed by atoms with Gasteiger partial charge in [0.25, 0.3) is 0 Å². The smallest absolute Gasteiger partial charge is 0.164 e. The topological polar surface area (TPSA) is 90.2 Å². The van der Waals surface area contributed by atoms with Crippen LogP contribution >= 0.6 is 0 Å². The first kappa shape index (κ1) is 89.9. The standard InChI is InChI=1S/2C47H34N2.C46H33N3/c1-47(2)41-25-15-14-24-39(41)44-40(29-34-22-12-13-23-38(34)45(44)47)36-26-35(31-16-6-3-7-17-31)27-37(28-36)43-30-42(32-18-8-4-9-19-32)48-46(49-43)33-20-10-5-11-21-33;1-47(2)41-25-15-14-24-39(41)44-40(29-34-22-12-13-23-38(34)45(44)47)36-26-35(31-16-6-3-7-17-31)27-37(28-36)46-48-42(32-18-8-4-9-19-32)30-43(49-46)33-20-10-5-11-21-33;1-46(2)40-25-15-14-24-38(40)41-39(29-33-22-12-13-23-37(33)42(41)46)35-26-34(30-16-6-3-7-17-30)27-36(28-35)45-48-43(31-18-8-4-9-19-31)47-44(49-45)32-20-10-5-11-21-32/h2*3-30H,1-2H3;3-29H,1-2H3. The Kier molecular flexibility index (Phi) is 22.9. The fourth-order valence-electron chi connectivity index (χ4n) is 22.9. The molecule has 0 saturated heterocycles. The van der Waals surface area contributed by atoms with Crippen LogP contribution in [-0.4, -0.2) is 34.9 Å². The van der Waals surface area contributed by atoms with Crippen LogP contribution in [0.2, 0.25) is 0 Å². The van der Waals surface area contributed by atoms with Crippen molar-refractivity contribution in [1.82, 2.24) is 34.9 Å². The molecule has 27 rings (SSSR count). The van der Waals surface area contributed by atoms with E-state index in [9.17, 15) is 0 Å². The highest BCUT2D eigenvalue weighted by atomic mass is 15.0. The molecule has 7 nitrogen and oxygen atoms in total. The molecular formula is C140H101N7. The summed E-state index contributed by atoms with van der Waals surface area (Å²) >= 11 is 0. The van der Waals surface area contributed by atoms with Crippen LogP contribution in [0.5, 0.6) is 0 Å². The number of rotatable bonds is 15. The van der Waals surface area contributed by atoms with Crippen LogP contribution in [0.3, 0.4) is 0 Å². The van der Waals surface area contributed by atoms with Gasteiger partial charge in [0.05, 0.1) is 22.8 Å². The van der Waals surface area contributed by atoms with Gasteiger partial charge in [0.15, 0.2) is 29.1 Å². The molecule has 0 N–H and O–H groups in total. The van der Waals surface area contributed by atoms with Crippen LogP contribution < -0.4 is 0 Å². The summed E-state index contributed by atoms with van der Waals surface area (Å²) in [4.78, 5) is 36.0. The molecule has 0 amide bonds. The largest absolute Gasteiger partial charge is 0.228 e. The van der Waals surface area contributed by atoms with Gasteiger partial charge in [0.2, 0.25) is 0 Å². The van der Waals surface area contributed by atoms with Crippen LogP contribution in [0.1, 0.15) is 74.9 Å². The molecule has 0 fully saturated rings. The van der Waals surface area contributed by atoms with Crippen molar-refractivity contribution >= 4 is 32.3 Å². The van der Waals surface area contributed by atoms with Crippen LogP contribution in [0, 0.1) is 0 Å². The Morgan fingerprint density at radius 1 is 0.136 bits per heavy atom. The minimum atomic E-state index is -0.148. The van der Waals surface area contributed by atoms with E-state index in [0.717, 1.165) is 112 Å². The first-order chi connectivity index (χ1) is 72.1. The van der Waals surface area contributed by atoms with Crippen molar-refractivity contribution < 1.29 is 0 Å². The second-order valence-electron chi connectivity index (χ2n) is 40.1. The lowest BCUT2D eigenvalue weighted by molar-refractivity contribution is 0.666. The molecule has 147 heavy (non-hydrogen) atoms. The average molecular weight is 1880 g/mol. The van der Waals surface area contributed by atoms with E-state index >= 15 is 0 Å². The number of hydrogen-bond donors (Lipinski definition) is 0. The normalized spacial score (nSPS) is 12.9. The molecule has 21 aromatic carbocycles. The fraction of sp³-hybridized carbons (Fsp3) is 0.0643. The summed E-state index contributed by atoms with van der Waals surface area (Å²) < 4.78 is 0. The third-order valence-electron chi connectivity index (χ3n) is 29.9. The summed E-state index contributed by atoms with van der Waals surface area (Å²) in [5, 5.41) is 7.67. The molecule has 0 atom stereocenters. The second-order valence-corrected chi connectivity index (χ2v) is 40.1. The predicted molar refractivity (Wildman–Crippen MR) is 611 cm³/mol. The van der Waals surface area contributed by atoms with Gasteiger partial charge in [-0.05, 0) is 251 Å². The van der Waals surface area contributed by atoms with Crippen molar-refractivity contribution in [1.29, 1.82) is 0 Å². The minimum Gasteiger partial charge on any atom is -0.228 e. The molecule has 0 spiro atoms. The van der Waals surface area contributed by atoms with E-state index < -0.39 is 0 Å². The Labute approximate surface area is 857 Å². The average Bonchev–Trinajstić information content (AvgIpc) is 1.56. The maximum Gasteiger partial charge on any atom is 0.164 e. The summed E-state index contributed by atoms with van der Waals surface area (Å²) in [6.45, 7) is 14.2. The molecule has 3 aliphatic carbocycles. The number of benzene rings is 21. The summed E-state index contributed by atoms with van der Waals surface area (Å²) in [5.41, 5.74) is 42.4. The van der Waals surface area contributed by atoms with Gasteiger partial charge in [0, 0.05) is 66.3 Å². The van der Waals surface area contributed by atoms with E-state index in [4.69, 9.17) is 34.9 Å². The third kappa shape index (κ3) is 16.7. The number of nitrogens with zero attached hydrogens (tertiary/aromatic N) is 7. The van der Waals surface area contributed by atoms with Crippen LogP contribution in [0.15, 0.2) is 504 Å². The van der Waals surface area contributed by atoms with Crippen molar-refractivity contribution in [3.05, 3.63) is 537 Å². The predicted octanol–water partition coefficient (Wildman–Crippen LogP) is 36.2. The van der Waals surface area contributed by atoms with Gasteiger partial charge >= 0.3 is 0 Å². The van der Waals surface area contributed by atoms with Crippen molar-refractivity contribution in [3.63, 3.8) is 0 Å². The summed E-state index contributed by atoms with van der Waals surface area (Å²) in [6.07, 6.45) is 0. The Morgan fingerprint density at radius 2 is 0.333 bits per heavy atom. The molecule has 3 aliphatic rings. The highest BCUT2D eigenvalue weighted by molar-refractivity contribution is 6.09. The zero-order valence-electron chi connectivity index (χ0n) is 82.6. The van der Waals surface area contributed by atoms with Crippen molar-refractivity contribution in [2.45, 2.75) is 57.8 Å².